The van der Waals surface area contributed by atoms with Crippen LogP contribution in [0.3, 0.4) is 0 Å². The van der Waals surface area contributed by atoms with Gasteiger partial charge >= 0.3 is 0 Å². The van der Waals surface area contributed by atoms with Gasteiger partial charge in [-0.2, -0.15) is 0 Å². The minimum Gasteiger partial charge on any atom is -0.131 e. The minimum absolute atomic E-state index is 0.143. The molecule has 0 unspecified atom stereocenters. The molecular weight excluding hydrogens is 175 g/mol. The fourth-order valence-corrected chi connectivity index (χ4v) is 4.88. The van der Waals surface area contributed by atoms with Gasteiger partial charge in [-0.15, -0.1) is 23.2 Å². The van der Waals surface area contributed by atoms with E-state index in [1.165, 1.54) is 12.1 Å². The molecule has 0 aliphatic heterocycles. The van der Waals surface area contributed by atoms with Gasteiger partial charge in [0.2, 0.25) is 0 Å². The number of hydrogen-bond donors (Lipinski definition) is 0. The average Bonchev–Trinajstić information content (AvgIpc) is 1.81. The Hall–Kier alpha value is 1.01. The maximum Gasteiger partial charge on any atom is 0.0375 e. The van der Waals surface area contributed by atoms with E-state index in [2.05, 4.69) is 0 Å². The first kappa shape index (κ1) is 9.01. The molecule has 0 aliphatic rings. The largest absolute Gasteiger partial charge is 0.131 e. The third-order valence-corrected chi connectivity index (χ3v) is 6.16. The van der Waals surface area contributed by atoms with Crippen molar-refractivity contribution in [2.45, 2.75) is 12.1 Å². The molecule has 0 fully saturated rings. The summed E-state index contributed by atoms with van der Waals surface area (Å²) in [6.45, 7) is 0. The molecule has 0 radical (unpaired) electrons. The van der Waals surface area contributed by atoms with Crippen LogP contribution in [-0.2, 0) is 0 Å². The predicted octanol–water partition coefficient (Wildman–Crippen LogP) is 0.553. The van der Waals surface area contributed by atoms with Gasteiger partial charge in [0.15, 0.2) is 0 Å². The maximum absolute atomic E-state index is 5.52. The van der Waals surface area contributed by atoms with E-state index in [0.29, 0.717) is 0 Å². The Kier molecular flexibility index (Phi) is 9.03. The van der Waals surface area contributed by atoms with Crippen molar-refractivity contribution in [1.29, 1.82) is 0 Å². The highest BCUT2D eigenvalue weighted by atomic mass is 35.5. The quantitative estimate of drug-likeness (QED) is 0.335. The SMILES string of the molecule is ClC[SiH2]CC[SiH2]CCl. The molecule has 4 heteroatoms. The Morgan fingerprint density at radius 3 is 1.50 bits per heavy atom. The molecule has 0 N–H and O–H groups in total. The van der Waals surface area contributed by atoms with Crippen molar-refractivity contribution in [3.05, 3.63) is 0 Å². The van der Waals surface area contributed by atoms with Gasteiger partial charge in [0.25, 0.3) is 0 Å². The summed E-state index contributed by atoms with van der Waals surface area (Å²) >= 11 is 11.0. The van der Waals surface area contributed by atoms with E-state index in [1.807, 2.05) is 0 Å². The van der Waals surface area contributed by atoms with E-state index in [0.717, 1.165) is 11.0 Å². The third-order valence-electron chi connectivity index (χ3n) is 1.02. The Bertz CT molecular complexity index is 37.0. The van der Waals surface area contributed by atoms with Gasteiger partial charge < -0.3 is 0 Å². The highest BCUT2D eigenvalue weighted by molar-refractivity contribution is 6.54. The molecule has 0 aromatic rings. The molecule has 0 amide bonds. The summed E-state index contributed by atoms with van der Waals surface area (Å²) in [5, 5.41) is 0. The van der Waals surface area contributed by atoms with Crippen LogP contribution < -0.4 is 0 Å². The van der Waals surface area contributed by atoms with Crippen LogP contribution in [0, 0.1) is 0 Å². The molecule has 0 rings (SSSR count). The van der Waals surface area contributed by atoms with E-state index in [1.54, 1.807) is 0 Å². The fraction of sp³-hybridized carbons (Fsp3) is 1.00. The normalized spacial score (nSPS) is 12.8. The first-order valence-corrected chi connectivity index (χ1v) is 8.10. The Balaban J connectivity index is 2.53. The van der Waals surface area contributed by atoms with Gasteiger partial charge in [0.1, 0.15) is 0 Å². The summed E-state index contributed by atoms with van der Waals surface area (Å²) < 4.78 is 0. The van der Waals surface area contributed by atoms with Gasteiger partial charge in [0, 0.05) is 30.0 Å². The maximum atomic E-state index is 5.52. The van der Waals surface area contributed by atoms with Gasteiger partial charge in [0.05, 0.1) is 0 Å². The van der Waals surface area contributed by atoms with Crippen molar-refractivity contribution in [2.24, 2.45) is 0 Å². The Morgan fingerprint density at radius 2 is 1.25 bits per heavy atom. The zero-order chi connectivity index (χ0) is 6.24. The molecule has 0 bridgehead atoms. The van der Waals surface area contributed by atoms with Crippen LogP contribution in [-0.4, -0.2) is 30.0 Å². The van der Waals surface area contributed by atoms with E-state index in [4.69, 9.17) is 23.2 Å². The van der Waals surface area contributed by atoms with E-state index in [9.17, 15) is 0 Å². The molecule has 0 aromatic heterocycles. The smallest absolute Gasteiger partial charge is 0.0375 e. The molecular formula is C4H12Cl2Si2. The lowest BCUT2D eigenvalue weighted by Crippen LogP contribution is -1.96. The predicted molar refractivity (Wildman–Crippen MR) is 48.1 cm³/mol. The second kappa shape index (κ2) is 8.01. The van der Waals surface area contributed by atoms with Crippen molar-refractivity contribution in [1.82, 2.24) is 0 Å². The lowest BCUT2D eigenvalue weighted by molar-refractivity contribution is 1.40. The van der Waals surface area contributed by atoms with Crippen LogP contribution in [0.2, 0.25) is 12.1 Å². The number of alkyl halides is 2. The van der Waals surface area contributed by atoms with Crippen LogP contribution >= 0.6 is 23.2 Å². The minimum atomic E-state index is 0.143. The average molecular weight is 187 g/mol. The second-order valence-electron chi connectivity index (χ2n) is 1.79. The summed E-state index contributed by atoms with van der Waals surface area (Å²) in [6.07, 6.45) is 0. The molecule has 0 nitrogen and oxygen atoms in total. The first-order valence-electron chi connectivity index (χ1n) is 3.03. The van der Waals surface area contributed by atoms with Crippen molar-refractivity contribution in [2.75, 3.05) is 11.0 Å². The molecule has 0 heterocycles. The highest BCUT2D eigenvalue weighted by Gasteiger charge is 1.86. The summed E-state index contributed by atoms with van der Waals surface area (Å²) in [5.41, 5.74) is 1.91. The molecule has 0 aromatic carbocycles. The summed E-state index contributed by atoms with van der Waals surface area (Å²) in [4.78, 5) is 0. The van der Waals surface area contributed by atoms with Crippen LogP contribution in [0.25, 0.3) is 0 Å². The lowest BCUT2D eigenvalue weighted by Gasteiger charge is -1.90. The molecule has 0 atom stereocenters. The molecule has 0 saturated heterocycles. The zero-order valence-corrected chi connectivity index (χ0v) is 9.34. The van der Waals surface area contributed by atoms with Crippen LogP contribution in [0.4, 0.5) is 0 Å². The van der Waals surface area contributed by atoms with Crippen molar-refractivity contribution in [3.8, 4) is 0 Å². The van der Waals surface area contributed by atoms with Crippen LogP contribution in [0.1, 0.15) is 0 Å². The number of halogens is 2. The Labute approximate surface area is 65.6 Å². The molecule has 8 heavy (non-hydrogen) atoms. The zero-order valence-electron chi connectivity index (χ0n) is 5.00. The van der Waals surface area contributed by atoms with Crippen molar-refractivity contribution < 1.29 is 0 Å². The van der Waals surface area contributed by atoms with Crippen LogP contribution in [0.15, 0.2) is 0 Å². The standard InChI is InChI=1S/C4H12Cl2Si2/c5-3-7-1-2-8-4-6/h1-4,7-8H2. The highest BCUT2D eigenvalue weighted by Crippen LogP contribution is 1.90. The van der Waals surface area contributed by atoms with E-state index in [-0.39, 0.29) is 19.0 Å². The Morgan fingerprint density at radius 1 is 0.875 bits per heavy atom. The fourth-order valence-electron chi connectivity index (χ4n) is 0.543. The van der Waals surface area contributed by atoms with Gasteiger partial charge in [-0.3, -0.25) is 0 Å². The van der Waals surface area contributed by atoms with Gasteiger partial charge in [-0.1, -0.05) is 12.1 Å². The van der Waals surface area contributed by atoms with E-state index >= 15 is 0 Å². The topological polar surface area (TPSA) is 0 Å². The monoisotopic (exact) mass is 186 g/mol. The van der Waals surface area contributed by atoms with E-state index < -0.39 is 0 Å². The van der Waals surface area contributed by atoms with Crippen molar-refractivity contribution >= 4 is 42.2 Å². The molecule has 0 aliphatic carbocycles. The number of hydrogen-bond acceptors (Lipinski definition) is 0. The second-order valence-corrected chi connectivity index (χ2v) is 7.64. The first-order chi connectivity index (χ1) is 3.91. The number of rotatable bonds is 5. The molecule has 50 valence electrons. The van der Waals surface area contributed by atoms with Crippen LogP contribution in [0.5, 0.6) is 0 Å². The van der Waals surface area contributed by atoms with Crippen molar-refractivity contribution in [3.63, 3.8) is 0 Å². The van der Waals surface area contributed by atoms with Gasteiger partial charge in [-0.05, 0) is 0 Å². The summed E-state index contributed by atoms with van der Waals surface area (Å²) in [7, 11) is 0.286. The summed E-state index contributed by atoms with van der Waals surface area (Å²) in [6, 6.07) is 2.87. The van der Waals surface area contributed by atoms with Gasteiger partial charge in [-0.25, -0.2) is 0 Å². The molecule has 0 saturated carbocycles. The lowest BCUT2D eigenvalue weighted by atomic mass is 10.9. The summed E-state index contributed by atoms with van der Waals surface area (Å²) in [5.74, 6) is 0. The third kappa shape index (κ3) is 7.01. The molecule has 0 spiro atoms.